The first-order valence-corrected chi connectivity index (χ1v) is 10.5. The standard InChI is InChI=1S/C21H25N3O2S/c25-20(15-27-14-19-9-3-4-11-22-19)23-13-16-6-5-10-18(12-16)24-21(26)17-7-1-2-8-17/h3-6,9-12,17H,1-2,7-8,13-15H2,(H,23,25)(H,24,26). The quantitative estimate of drug-likeness (QED) is 0.728. The zero-order valence-corrected chi connectivity index (χ0v) is 16.1. The average Bonchev–Trinajstić information content (AvgIpc) is 3.23. The molecule has 3 rings (SSSR count). The highest BCUT2D eigenvalue weighted by Gasteiger charge is 2.22. The summed E-state index contributed by atoms with van der Waals surface area (Å²) in [5, 5.41) is 5.93. The molecule has 1 heterocycles. The van der Waals surface area contributed by atoms with Crippen molar-refractivity contribution in [3.8, 4) is 0 Å². The van der Waals surface area contributed by atoms with Gasteiger partial charge in [0.25, 0.3) is 0 Å². The number of hydrogen-bond acceptors (Lipinski definition) is 4. The zero-order valence-electron chi connectivity index (χ0n) is 15.3. The van der Waals surface area contributed by atoms with Crippen molar-refractivity contribution >= 4 is 29.3 Å². The zero-order chi connectivity index (χ0) is 18.9. The van der Waals surface area contributed by atoms with Crippen LogP contribution in [0.5, 0.6) is 0 Å². The molecule has 0 unspecified atom stereocenters. The maximum atomic E-state index is 12.2. The number of pyridine rings is 1. The van der Waals surface area contributed by atoms with Crippen molar-refractivity contribution in [3.05, 3.63) is 59.9 Å². The molecular formula is C21H25N3O2S. The number of carbonyl (C=O) groups excluding carboxylic acids is 2. The number of anilines is 1. The van der Waals surface area contributed by atoms with E-state index < -0.39 is 0 Å². The Balaban J connectivity index is 1.41. The van der Waals surface area contributed by atoms with Crippen LogP contribution >= 0.6 is 11.8 Å². The number of rotatable bonds is 8. The molecule has 0 bridgehead atoms. The predicted molar refractivity (Wildman–Crippen MR) is 109 cm³/mol. The Labute approximate surface area is 164 Å². The Hall–Kier alpha value is -2.34. The first kappa shape index (κ1) is 19.4. The molecule has 0 saturated heterocycles. The normalized spacial score (nSPS) is 14.1. The summed E-state index contributed by atoms with van der Waals surface area (Å²) < 4.78 is 0. The molecule has 2 amide bonds. The van der Waals surface area contributed by atoms with E-state index in [2.05, 4.69) is 15.6 Å². The third-order valence-corrected chi connectivity index (χ3v) is 5.59. The fourth-order valence-corrected chi connectivity index (χ4v) is 3.94. The fraction of sp³-hybridized carbons (Fsp3) is 0.381. The first-order chi connectivity index (χ1) is 13.2. The maximum Gasteiger partial charge on any atom is 0.230 e. The van der Waals surface area contributed by atoms with Gasteiger partial charge in [0, 0.05) is 30.1 Å². The smallest absolute Gasteiger partial charge is 0.230 e. The van der Waals surface area contributed by atoms with Gasteiger partial charge in [-0.25, -0.2) is 0 Å². The van der Waals surface area contributed by atoms with Gasteiger partial charge in [-0.3, -0.25) is 14.6 Å². The third kappa shape index (κ3) is 6.40. The Morgan fingerprint density at radius 2 is 1.96 bits per heavy atom. The van der Waals surface area contributed by atoms with E-state index in [-0.39, 0.29) is 17.7 Å². The third-order valence-electron chi connectivity index (χ3n) is 4.62. The Morgan fingerprint density at radius 3 is 2.74 bits per heavy atom. The van der Waals surface area contributed by atoms with Gasteiger partial charge >= 0.3 is 0 Å². The van der Waals surface area contributed by atoms with Crippen molar-refractivity contribution in [1.29, 1.82) is 0 Å². The number of hydrogen-bond donors (Lipinski definition) is 2. The molecule has 1 aliphatic carbocycles. The topological polar surface area (TPSA) is 71.1 Å². The second-order valence-corrected chi connectivity index (χ2v) is 7.75. The lowest BCUT2D eigenvalue weighted by atomic mass is 10.1. The lowest BCUT2D eigenvalue weighted by Gasteiger charge is -2.12. The predicted octanol–water partition coefficient (Wildman–Crippen LogP) is 3.76. The highest BCUT2D eigenvalue weighted by molar-refractivity contribution is 7.99. The summed E-state index contributed by atoms with van der Waals surface area (Å²) in [7, 11) is 0. The van der Waals surface area contributed by atoms with Crippen molar-refractivity contribution < 1.29 is 9.59 Å². The van der Waals surface area contributed by atoms with Crippen LogP contribution in [-0.2, 0) is 21.9 Å². The molecule has 0 aliphatic heterocycles. The Bertz CT molecular complexity index is 761. The second kappa shape index (κ2) is 10.1. The van der Waals surface area contributed by atoms with Crippen molar-refractivity contribution in [2.24, 2.45) is 5.92 Å². The van der Waals surface area contributed by atoms with Crippen LogP contribution in [0.3, 0.4) is 0 Å². The summed E-state index contributed by atoms with van der Waals surface area (Å²) >= 11 is 1.54. The lowest BCUT2D eigenvalue weighted by molar-refractivity contribution is -0.120. The van der Waals surface area contributed by atoms with Crippen molar-refractivity contribution in [2.75, 3.05) is 11.1 Å². The maximum absolute atomic E-state index is 12.2. The van der Waals surface area contributed by atoms with Gasteiger partial charge in [-0.05, 0) is 42.7 Å². The van der Waals surface area contributed by atoms with Crippen LogP contribution in [0.1, 0.15) is 36.9 Å². The number of nitrogens with zero attached hydrogens (tertiary/aromatic N) is 1. The molecule has 1 aromatic heterocycles. The van der Waals surface area contributed by atoms with E-state index in [4.69, 9.17) is 0 Å². The van der Waals surface area contributed by atoms with Crippen molar-refractivity contribution in [3.63, 3.8) is 0 Å². The van der Waals surface area contributed by atoms with Crippen LogP contribution < -0.4 is 10.6 Å². The minimum absolute atomic E-state index is 0.00340. The molecule has 2 N–H and O–H groups in total. The van der Waals surface area contributed by atoms with Crippen LogP contribution in [-0.4, -0.2) is 22.6 Å². The summed E-state index contributed by atoms with van der Waals surface area (Å²) in [6.07, 6.45) is 6.01. The summed E-state index contributed by atoms with van der Waals surface area (Å²) in [4.78, 5) is 28.5. The van der Waals surface area contributed by atoms with E-state index in [1.807, 2.05) is 42.5 Å². The van der Waals surface area contributed by atoms with Crippen LogP contribution in [0.15, 0.2) is 48.7 Å². The highest BCUT2D eigenvalue weighted by atomic mass is 32.2. The number of nitrogens with one attached hydrogen (secondary N) is 2. The van der Waals surface area contributed by atoms with Gasteiger partial charge in [-0.1, -0.05) is 31.0 Å². The van der Waals surface area contributed by atoms with Crippen LogP contribution in [0.25, 0.3) is 0 Å². The lowest BCUT2D eigenvalue weighted by Crippen LogP contribution is -2.25. The van der Waals surface area contributed by atoms with Crippen LogP contribution in [0.4, 0.5) is 5.69 Å². The van der Waals surface area contributed by atoms with Gasteiger partial charge in [-0.2, -0.15) is 0 Å². The molecule has 1 saturated carbocycles. The summed E-state index contributed by atoms with van der Waals surface area (Å²) in [5.74, 6) is 1.37. The molecule has 5 nitrogen and oxygen atoms in total. The van der Waals surface area contributed by atoms with E-state index in [1.54, 1.807) is 18.0 Å². The van der Waals surface area contributed by atoms with Gasteiger partial charge in [-0.15, -0.1) is 11.8 Å². The molecule has 142 valence electrons. The van der Waals surface area contributed by atoms with Gasteiger partial charge in [0.05, 0.1) is 11.4 Å². The van der Waals surface area contributed by atoms with E-state index in [0.29, 0.717) is 12.3 Å². The molecule has 0 radical (unpaired) electrons. The van der Waals surface area contributed by atoms with Crippen molar-refractivity contribution in [1.82, 2.24) is 10.3 Å². The molecule has 2 aromatic rings. The Morgan fingerprint density at radius 1 is 1.11 bits per heavy atom. The van der Waals surface area contributed by atoms with Crippen molar-refractivity contribution in [2.45, 2.75) is 38.0 Å². The van der Waals surface area contributed by atoms with E-state index in [9.17, 15) is 9.59 Å². The molecule has 1 aromatic carbocycles. The average molecular weight is 384 g/mol. The minimum atomic E-state index is -0.00340. The molecule has 6 heteroatoms. The molecular weight excluding hydrogens is 358 g/mol. The van der Waals surface area contributed by atoms with Crippen LogP contribution in [0, 0.1) is 5.92 Å². The second-order valence-electron chi connectivity index (χ2n) is 6.76. The minimum Gasteiger partial charge on any atom is -0.351 e. The highest BCUT2D eigenvalue weighted by Crippen LogP contribution is 2.26. The number of amides is 2. The monoisotopic (exact) mass is 383 g/mol. The van der Waals surface area contributed by atoms with E-state index in [1.165, 1.54) is 0 Å². The number of thioether (sulfide) groups is 1. The Kier molecular flexibility index (Phi) is 7.27. The number of aromatic nitrogens is 1. The summed E-state index contributed by atoms with van der Waals surface area (Å²) in [6, 6.07) is 13.5. The molecule has 27 heavy (non-hydrogen) atoms. The van der Waals surface area contributed by atoms with Gasteiger partial charge in [0.15, 0.2) is 0 Å². The van der Waals surface area contributed by atoms with Gasteiger partial charge in [0.1, 0.15) is 0 Å². The SMILES string of the molecule is O=C(CSCc1ccccn1)NCc1cccc(NC(=O)C2CCCC2)c1. The van der Waals surface area contributed by atoms with Gasteiger partial charge in [0.2, 0.25) is 11.8 Å². The molecule has 1 fully saturated rings. The summed E-state index contributed by atoms with van der Waals surface area (Å²) in [5.41, 5.74) is 2.74. The summed E-state index contributed by atoms with van der Waals surface area (Å²) in [6.45, 7) is 0.454. The fourth-order valence-electron chi connectivity index (χ4n) is 3.17. The van der Waals surface area contributed by atoms with Gasteiger partial charge < -0.3 is 10.6 Å². The number of benzene rings is 1. The van der Waals surface area contributed by atoms with E-state index >= 15 is 0 Å². The number of carbonyl (C=O) groups is 2. The molecule has 0 atom stereocenters. The largest absolute Gasteiger partial charge is 0.351 e. The first-order valence-electron chi connectivity index (χ1n) is 9.35. The molecule has 1 aliphatic rings. The van der Waals surface area contributed by atoms with E-state index in [0.717, 1.165) is 48.4 Å². The molecule has 0 spiro atoms. The van der Waals surface area contributed by atoms with Crippen LogP contribution in [0.2, 0.25) is 0 Å².